The molecular formula is C19H16F3NOS2. The van der Waals surface area contributed by atoms with Crippen molar-refractivity contribution in [3.05, 3.63) is 64.7 Å². The molecule has 0 saturated heterocycles. The molecule has 0 saturated carbocycles. The lowest BCUT2D eigenvalue weighted by molar-refractivity contribution is -0.137. The molecule has 0 spiro atoms. The van der Waals surface area contributed by atoms with Gasteiger partial charge in [0.15, 0.2) is 0 Å². The van der Waals surface area contributed by atoms with E-state index in [0.29, 0.717) is 5.56 Å². The van der Waals surface area contributed by atoms with Crippen molar-refractivity contribution in [1.82, 2.24) is 4.98 Å². The van der Waals surface area contributed by atoms with E-state index in [2.05, 4.69) is 4.98 Å². The minimum absolute atomic E-state index is 0.651. The Balaban J connectivity index is 1.77. The molecule has 0 aliphatic rings. The number of thioether (sulfide) groups is 1. The molecule has 2 nitrogen and oxygen atoms in total. The summed E-state index contributed by atoms with van der Waals surface area (Å²) in [5.74, 6) is 1.55. The van der Waals surface area contributed by atoms with Gasteiger partial charge in [0.2, 0.25) is 0 Å². The van der Waals surface area contributed by atoms with Crippen LogP contribution in [0.1, 0.15) is 16.1 Å². The number of methoxy groups -OCH3 is 1. The lowest BCUT2D eigenvalue weighted by Crippen LogP contribution is -2.03. The van der Waals surface area contributed by atoms with Crippen LogP contribution < -0.4 is 4.74 Å². The molecule has 2 aromatic carbocycles. The van der Waals surface area contributed by atoms with Gasteiger partial charge in [0.25, 0.3) is 0 Å². The zero-order chi connectivity index (χ0) is 18.7. The molecule has 0 radical (unpaired) electrons. The molecular weight excluding hydrogens is 379 g/mol. The Morgan fingerprint density at radius 1 is 1.08 bits per heavy atom. The first-order chi connectivity index (χ1) is 12.4. The first kappa shape index (κ1) is 18.8. The van der Waals surface area contributed by atoms with Crippen molar-refractivity contribution in [3.8, 4) is 16.3 Å². The highest BCUT2D eigenvalue weighted by atomic mass is 32.2. The van der Waals surface area contributed by atoms with Crippen molar-refractivity contribution in [3.63, 3.8) is 0 Å². The van der Waals surface area contributed by atoms with Crippen molar-refractivity contribution < 1.29 is 17.9 Å². The zero-order valence-corrected chi connectivity index (χ0v) is 15.8. The smallest absolute Gasteiger partial charge is 0.416 e. The van der Waals surface area contributed by atoms with Gasteiger partial charge in [0, 0.05) is 21.1 Å². The van der Waals surface area contributed by atoms with Crippen LogP contribution in [0.4, 0.5) is 13.2 Å². The lowest BCUT2D eigenvalue weighted by Gasteiger charge is -2.07. The summed E-state index contributed by atoms with van der Waals surface area (Å²) in [4.78, 5) is 6.65. The predicted molar refractivity (Wildman–Crippen MR) is 99.8 cm³/mol. The van der Waals surface area contributed by atoms with Crippen LogP contribution in [-0.4, -0.2) is 12.1 Å². The minimum Gasteiger partial charge on any atom is -0.496 e. The second-order valence-corrected chi connectivity index (χ2v) is 7.64. The van der Waals surface area contributed by atoms with Crippen LogP contribution in [0.5, 0.6) is 5.75 Å². The van der Waals surface area contributed by atoms with Gasteiger partial charge < -0.3 is 4.74 Å². The Kier molecular flexibility index (Phi) is 5.58. The van der Waals surface area contributed by atoms with Gasteiger partial charge in [-0.3, -0.25) is 0 Å². The first-order valence-electron chi connectivity index (χ1n) is 7.78. The van der Waals surface area contributed by atoms with E-state index in [-0.39, 0.29) is 0 Å². The minimum atomic E-state index is -4.33. The van der Waals surface area contributed by atoms with Crippen molar-refractivity contribution in [2.75, 3.05) is 7.11 Å². The van der Waals surface area contributed by atoms with Crippen LogP contribution in [0, 0.1) is 6.92 Å². The normalized spacial score (nSPS) is 11.6. The van der Waals surface area contributed by atoms with Gasteiger partial charge in [-0.15, -0.1) is 23.1 Å². The van der Waals surface area contributed by atoms with E-state index in [0.717, 1.165) is 44.1 Å². The maximum Gasteiger partial charge on any atom is 0.416 e. The van der Waals surface area contributed by atoms with Crippen LogP contribution in [0.25, 0.3) is 10.6 Å². The lowest BCUT2D eigenvalue weighted by atomic mass is 10.1. The fourth-order valence-corrected chi connectivity index (χ4v) is 4.61. The molecule has 0 N–H and O–H groups in total. The number of para-hydroxylation sites is 1. The number of halogens is 3. The Labute approximate surface area is 158 Å². The number of benzene rings is 2. The average Bonchev–Trinajstić information content (AvgIpc) is 3.00. The highest BCUT2D eigenvalue weighted by Gasteiger charge is 2.30. The molecule has 0 aliphatic heterocycles. The molecule has 0 aliphatic carbocycles. The molecule has 1 aromatic heterocycles. The van der Waals surface area contributed by atoms with Crippen LogP contribution >= 0.6 is 23.1 Å². The number of nitrogens with zero attached hydrogens (tertiary/aromatic N) is 1. The third-order valence-corrected chi connectivity index (χ3v) is 6.25. The van der Waals surface area contributed by atoms with E-state index in [4.69, 9.17) is 4.74 Å². The number of aryl methyl sites for hydroxylation is 1. The highest BCUT2D eigenvalue weighted by Crippen LogP contribution is 2.36. The topological polar surface area (TPSA) is 22.1 Å². The summed E-state index contributed by atoms with van der Waals surface area (Å²) in [5.41, 5.74) is 0.938. The number of ether oxygens (including phenoxy) is 1. The number of alkyl halides is 3. The highest BCUT2D eigenvalue weighted by molar-refractivity contribution is 7.98. The number of hydrogen-bond acceptors (Lipinski definition) is 4. The predicted octanol–water partition coefficient (Wildman–Crippen LogP) is 6.44. The molecule has 3 rings (SSSR count). The second-order valence-electron chi connectivity index (χ2n) is 5.54. The number of thiazole rings is 1. The van der Waals surface area contributed by atoms with Gasteiger partial charge >= 0.3 is 6.18 Å². The molecule has 7 heteroatoms. The molecule has 1 heterocycles. The van der Waals surface area contributed by atoms with Crippen LogP contribution in [0.15, 0.2) is 53.4 Å². The molecule has 0 amide bonds. The fraction of sp³-hybridized carbons (Fsp3) is 0.211. The quantitative estimate of drug-likeness (QED) is 0.464. The summed E-state index contributed by atoms with van der Waals surface area (Å²) in [5, 5.41) is 0.729. The zero-order valence-electron chi connectivity index (χ0n) is 14.1. The fourth-order valence-electron chi connectivity index (χ4n) is 2.37. The van der Waals surface area contributed by atoms with Gasteiger partial charge in [-0.05, 0) is 31.2 Å². The van der Waals surface area contributed by atoms with E-state index in [1.54, 1.807) is 18.9 Å². The molecule has 3 aromatic rings. The van der Waals surface area contributed by atoms with Crippen molar-refractivity contribution in [2.45, 2.75) is 23.7 Å². The maximum absolute atomic E-state index is 12.7. The maximum atomic E-state index is 12.7. The SMILES string of the molecule is COc1ccccc1SCc1sc(-c2ccc(C(F)(F)F)cc2)nc1C. The van der Waals surface area contributed by atoms with Gasteiger partial charge in [-0.25, -0.2) is 4.98 Å². The molecule has 0 unspecified atom stereocenters. The van der Waals surface area contributed by atoms with Crippen molar-refractivity contribution in [2.24, 2.45) is 0 Å². The van der Waals surface area contributed by atoms with Crippen LogP contribution in [0.2, 0.25) is 0 Å². The molecule has 0 bridgehead atoms. The Bertz CT molecular complexity index is 889. The summed E-state index contributed by atoms with van der Waals surface area (Å²) in [7, 11) is 1.64. The van der Waals surface area contributed by atoms with Gasteiger partial charge in [0.1, 0.15) is 10.8 Å². The number of rotatable bonds is 5. The Morgan fingerprint density at radius 2 is 1.77 bits per heavy atom. The standard InChI is InChI=1S/C19H16F3NOS2/c1-12-17(11-25-16-6-4-3-5-15(16)24-2)26-18(23-12)13-7-9-14(10-8-13)19(20,21)22/h3-10H,11H2,1-2H3. The summed E-state index contributed by atoms with van der Waals surface area (Å²) < 4.78 is 43.4. The Morgan fingerprint density at radius 3 is 2.42 bits per heavy atom. The summed E-state index contributed by atoms with van der Waals surface area (Å²) in [6.45, 7) is 1.92. The first-order valence-corrected chi connectivity index (χ1v) is 9.58. The van der Waals surface area contributed by atoms with Crippen LogP contribution in [-0.2, 0) is 11.9 Å². The van der Waals surface area contributed by atoms with E-state index >= 15 is 0 Å². The molecule has 0 fully saturated rings. The largest absolute Gasteiger partial charge is 0.496 e. The third kappa shape index (κ3) is 4.22. The molecule has 26 heavy (non-hydrogen) atoms. The summed E-state index contributed by atoms with van der Waals surface area (Å²) in [6, 6.07) is 12.9. The second kappa shape index (κ2) is 7.72. The molecule has 0 atom stereocenters. The molecule has 136 valence electrons. The van der Waals surface area contributed by atoms with Crippen molar-refractivity contribution >= 4 is 23.1 Å². The van der Waals surface area contributed by atoms with Crippen LogP contribution in [0.3, 0.4) is 0 Å². The average molecular weight is 395 g/mol. The number of aromatic nitrogens is 1. The van der Waals surface area contributed by atoms with Crippen molar-refractivity contribution in [1.29, 1.82) is 0 Å². The number of hydrogen-bond donors (Lipinski definition) is 0. The van der Waals surface area contributed by atoms with Gasteiger partial charge in [-0.2, -0.15) is 13.2 Å². The van der Waals surface area contributed by atoms with E-state index in [1.165, 1.54) is 23.5 Å². The summed E-state index contributed by atoms with van der Waals surface area (Å²) in [6.07, 6.45) is -4.33. The van der Waals surface area contributed by atoms with E-state index in [9.17, 15) is 13.2 Å². The third-order valence-electron chi connectivity index (χ3n) is 3.78. The van der Waals surface area contributed by atoms with Gasteiger partial charge in [-0.1, -0.05) is 24.3 Å². The van der Waals surface area contributed by atoms with E-state index in [1.807, 2.05) is 31.2 Å². The summed E-state index contributed by atoms with van der Waals surface area (Å²) >= 11 is 3.15. The van der Waals surface area contributed by atoms with E-state index < -0.39 is 11.7 Å². The monoisotopic (exact) mass is 395 g/mol. The van der Waals surface area contributed by atoms with Gasteiger partial charge in [0.05, 0.1) is 18.4 Å². The Hall–Kier alpha value is -1.99.